The van der Waals surface area contributed by atoms with Gasteiger partial charge in [-0.2, -0.15) is 0 Å². The van der Waals surface area contributed by atoms with Crippen LogP contribution in [0.3, 0.4) is 0 Å². The summed E-state index contributed by atoms with van der Waals surface area (Å²) in [6, 6.07) is 18.2. The lowest BCUT2D eigenvalue weighted by Gasteiger charge is -2.28. The van der Waals surface area contributed by atoms with Gasteiger partial charge in [-0.25, -0.2) is 4.79 Å². The molecule has 2 aromatic rings. The van der Waals surface area contributed by atoms with Crippen LogP contribution in [0.5, 0.6) is 0 Å². The van der Waals surface area contributed by atoms with Crippen LogP contribution in [0.25, 0.3) is 0 Å². The Balaban J connectivity index is 1.96. The molecule has 0 heterocycles. The molecule has 0 saturated carbocycles. The largest absolute Gasteiger partial charge is 0.383 e. The van der Waals surface area contributed by atoms with Crippen LogP contribution in [-0.2, 0) is 17.7 Å². The molecule has 2 aromatic carbocycles. The summed E-state index contributed by atoms with van der Waals surface area (Å²) in [6.45, 7) is 0.991. The Labute approximate surface area is 156 Å². The highest BCUT2D eigenvalue weighted by Gasteiger charge is 2.20. The lowest BCUT2D eigenvalue weighted by molar-refractivity contribution is 0.115. The molecule has 0 spiro atoms. The van der Waals surface area contributed by atoms with Crippen LogP contribution in [0.1, 0.15) is 11.1 Å². The van der Waals surface area contributed by atoms with E-state index < -0.39 is 0 Å². The molecular formula is C21H29N3O2. The zero-order valence-corrected chi connectivity index (χ0v) is 16.1. The molecule has 0 aliphatic rings. The van der Waals surface area contributed by atoms with E-state index in [1.165, 1.54) is 5.56 Å². The second-order valence-corrected chi connectivity index (χ2v) is 6.63. The van der Waals surface area contributed by atoms with Crippen LogP contribution >= 0.6 is 0 Å². The van der Waals surface area contributed by atoms with Crippen LogP contribution < -0.4 is 10.2 Å². The molecule has 0 radical (unpaired) electrons. The van der Waals surface area contributed by atoms with Gasteiger partial charge in [0.1, 0.15) is 0 Å². The van der Waals surface area contributed by atoms with Crippen LogP contribution in [-0.4, -0.2) is 51.8 Å². The number of hydrogen-bond acceptors (Lipinski definition) is 3. The fourth-order valence-electron chi connectivity index (χ4n) is 2.80. The number of urea groups is 1. The zero-order valence-electron chi connectivity index (χ0n) is 16.1. The second kappa shape index (κ2) is 9.82. The molecular weight excluding hydrogens is 326 g/mol. The summed E-state index contributed by atoms with van der Waals surface area (Å²) in [5.74, 6) is 0. The maximum atomic E-state index is 12.6. The molecule has 5 nitrogen and oxygen atoms in total. The van der Waals surface area contributed by atoms with E-state index in [-0.39, 0.29) is 12.1 Å². The SMILES string of the molecule is COCC(Cc1ccccc1)N(C)C(=O)NCc1cccc(N(C)C)c1. The first-order valence-electron chi connectivity index (χ1n) is 8.81. The normalized spacial score (nSPS) is 11.7. The fourth-order valence-corrected chi connectivity index (χ4v) is 2.80. The van der Waals surface area contributed by atoms with Crippen molar-refractivity contribution in [3.63, 3.8) is 0 Å². The summed E-state index contributed by atoms with van der Waals surface area (Å²) in [5.41, 5.74) is 3.38. The van der Waals surface area contributed by atoms with Crippen molar-refractivity contribution in [2.24, 2.45) is 0 Å². The maximum absolute atomic E-state index is 12.6. The third-order valence-electron chi connectivity index (χ3n) is 4.41. The number of amides is 2. The molecule has 1 atom stereocenters. The lowest BCUT2D eigenvalue weighted by Crippen LogP contribution is -2.46. The second-order valence-electron chi connectivity index (χ2n) is 6.63. The number of hydrogen-bond donors (Lipinski definition) is 1. The van der Waals surface area contributed by atoms with Gasteiger partial charge < -0.3 is 19.9 Å². The summed E-state index contributed by atoms with van der Waals surface area (Å²) in [7, 11) is 7.49. The molecule has 0 aliphatic heterocycles. The number of ether oxygens (including phenoxy) is 1. The molecule has 0 bridgehead atoms. The molecule has 0 aromatic heterocycles. The molecule has 0 saturated heterocycles. The van der Waals surface area contributed by atoms with Crippen molar-refractivity contribution in [2.75, 3.05) is 39.8 Å². The number of nitrogens with one attached hydrogen (secondary N) is 1. The van der Waals surface area contributed by atoms with E-state index in [0.29, 0.717) is 13.2 Å². The number of carbonyl (C=O) groups excluding carboxylic acids is 1. The van der Waals surface area contributed by atoms with E-state index in [2.05, 4.69) is 23.5 Å². The monoisotopic (exact) mass is 355 g/mol. The van der Waals surface area contributed by atoms with Crippen molar-refractivity contribution < 1.29 is 9.53 Å². The van der Waals surface area contributed by atoms with Crippen LogP contribution in [0.15, 0.2) is 54.6 Å². The minimum atomic E-state index is -0.0989. The van der Waals surface area contributed by atoms with Crippen molar-refractivity contribution in [1.29, 1.82) is 0 Å². The zero-order chi connectivity index (χ0) is 18.9. The molecule has 5 heteroatoms. The number of rotatable bonds is 8. The van der Waals surface area contributed by atoms with Crippen molar-refractivity contribution in [3.05, 3.63) is 65.7 Å². The summed E-state index contributed by atoms with van der Waals surface area (Å²) in [6.07, 6.45) is 0.759. The standard InChI is InChI=1S/C21H29N3O2/c1-23(2)19-12-8-11-18(14-19)15-22-21(25)24(3)20(16-26-4)13-17-9-6-5-7-10-17/h5-12,14,20H,13,15-16H2,1-4H3,(H,22,25). The van der Waals surface area contributed by atoms with Crippen molar-refractivity contribution in [2.45, 2.75) is 19.0 Å². The Morgan fingerprint density at radius 1 is 1.04 bits per heavy atom. The van der Waals surface area contributed by atoms with Gasteiger partial charge in [0, 0.05) is 40.5 Å². The minimum Gasteiger partial charge on any atom is -0.383 e. The number of benzene rings is 2. The van der Waals surface area contributed by atoms with Gasteiger partial charge in [0.15, 0.2) is 0 Å². The Kier molecular flexibility index (Phi) is 7.48. The number of anilines is 1. The predicted molar refractivity (Wildman–Crippen MR) is 107 cm³/mol. The lowest BCUT2D eigenvalue weighted by atomic mass is 10.1. The third-order valence-corrected chi connectivity index (χ3v) is 4.41. The van der Waals surface area contributed by atoms with Gasteiger partial charge >= 0.3 is 6.03 Å². The van der Waals surface area contributed by atoms with E-state index in [1.54, 1.807) is 12.0 Å². The number of methoxy groups -OCH3 is 1. The van der Waals surface area contributed by atoms with Gasteiger partial charge in [-0.15, -0.1) is 0 Å². The Hall–Kier alpha value is -2.53. The predicted octanol–water partition coefficient (Wildman–Crippen LogP) is 3.15. The van der Waals surface area contributed by atoms with Crippen molar-refractivity contribution in [1.82, 2.24) is 10.2 Å². The summed E-state index contributed by atoms with van der Waals surface area (Å²) >= 11 is 0. The van der Waals surface area contributed by atoms with Crippen LogP contribution in [0.2, 0.25) is 0 Å². The topological polar surface area (TPSA) is 44.8 Å². The highest BCUT2D eigenvalue weighted by molar-refractivity contribution is 5.74. The first-order valence-corrected chi connectivity index (χ1v) is 8.81. The van der Waals surface area contributed by atoms with Gasteiger partial charge in [0.25, 0.3) is 0 Å². The van der Waals surface area contributed by atoms with E-state index in [4.69, 9.17) is 4.74 Å². The highest BCUT2D eigenvalue weighted by Crippen LogP contribution is 2.13. The number of nitrogens with zero attached hydrogens (tertiary/aromatic N) is 2. The summed E-state index contributed by atoms with van der Waals surface area (Å²) in [4.78, 5) is 16.4. The number of carbonyl (C=O) groups is 1. The van der Waals surface area contributed by atoms with Gasteiger partial charge in [-0.3, -0.25) is 0 Å². The van der Waals surface area contributed by atoms with Gasteiger partial charge in [-0.1, -0.05) is 42.5 Å². The smallest absolute Gasteiger partial charge is 0.317 e. The van der Waals surface area contributed by atoms with Crippen molar-refractivity contribution in [3.8, 4) is 0 Å². The summed E-state index contributed by atoms with van der Waals surface area (Å²) < 4.78 is 5.33. The van der Waals surface area contributed by atoms with Crippen LogP contribution in [0, 0.1) is 0 Å². The van der Waals surface area contributed by atoms with Gasteiger partial charge in [-0.05, 0) is 29.7 Å². The molecule has 140 valence electrons. The van der Waals surface area contributed by atoms with E-state index in [9.17, 15) is 4.79 Å². The minimum absolute atomic E-state index is 0.0180. The van der Waals surface area contributed by atoms with Gasteiger partial charge in [0.05, 0.1) is 12.6 Å². The molecule has 26 heavy (non-hydrogen) atoms. The van der Waals surface area contributed by atoms with E-state index in [1.807, 2.05) is 62.4 Å². The van der Waals surface area contributed by atoms with E-state index in [0.717, 1.165) is 17.7 Å². The quantitative estimate of drug-likeness (QED) is 0.791. The average Bonchev–Trinajstić information content (AvgIpc) is 2.66. The third kappa shape index (κ3) is 5.77. The first-order chi connectivity index (χ1) is 12.5. The van der Waals surface area contributed by atoms with Gasteiger partial charge in [0.2, 0.25) is 0 Å². The van der Waals surface area contributed by atoms with Crippen LogP contribution in [0.4, 0.5) is 10.5 Å². The Morgan fingerprint density at radius 2 is 1.73 bits per heavy atom. The molecule has 0 aliphatic carbocycles. The highest BCUT2D eigenvalue weighted by atomic mass is 16.5. The van der Waals surface area contributed by atoms with Crippen molar-refractivity contribution >= 4 is 11.7 Å². The maximum Gasteiger partial charge on any atom is 0.317 e. The molecule has 2 amide bonds. The Bertz CT molecular complexity index is 689. The Morgan fingerprint density at radius 3 is 2.38 bits per heavy atom. The molecule has 1 unspecified atom stereocenters. The molecule has 2 rings (SSSR count). The molecule has 1 N–H and O–H groups in total. The van der Waals surface area contributed by atoms with E-state index >= 15 is 0 Å². The first kappa shape index (κ1) is 19.8. The number of likely N-dealkylation sites (N-methyl/N-ethyl adjacent to an activating group) is 1. The molecule has 0 fully saturated rings. The fraction of sp³-hybridized carbons (Fsp3) is 0.381. The average molecular weight is 355 g/mol. The summed E-state index contributed by atoms with van der Waals surface area (Å²) in [5, 5.41) is 3.00.